The van der Waals surface area contributed by atoms with E-state index in [9.17, 15) is 27.9 Å². The highest BCUT2D eigenvalue weighted by atomic mass is 19.4. The molecule has 1 aliphatic heterocycles. The van der Waals surface area contributed by atoms with Crippen LogP contribution in [0.1, 0.15) is 56.4 Å². The summed E-state index contributed by atoms with van der Waals surface area (Å²) in [6, 6.07) is 13.6. The van der Waals surface area contributed by atoms with Gasteiger partial charge in [0.1, 0.15) is 5.69 Å². The summed E-state index contributed by atoms with van der Waals surface area (Å²) in [6.07, 6.45) is -1.76. The van der Waals surface area contributed by atoms with E-state index >= 15 is 0 Å². The van der Waals surface area contributed by atoms with Gasteiger partial charge in [0, 0.05) is 30.4 Å². The molecule has 0 radical (unpaired) electrons. The molecule has 9 heteroatoms. The molecule has 0 aliphatic carbocycles. The molecule has 2 aromatic carbocycles. The van der Waals surface area contributed by atoms with Crippen LogP contribution in [0, 0.1) is 6.92 Å². The van der Waals surface area contributed by atoms with Crippen molar-refractivity contribution < 1.29 is 27.9 Å². The van der Waals surface area contributed by atoms with Crippen molar-refractivity contribution in [3.05, 3.63) is 88.7 Å². The monoisotopic (exact) mass is 497 g/mol. The van der Waals surface area contributed by atoms with E-state index in [0.717, 1.165) is 36.2 Å². The van der Waals surface area contributed by atoms with Crippen LogP contribution in [0.3, 0.4) is 0 Å². The largest absolute Gasteiger partial charge is 0.433 e. The van der Waals surface area contributed by atoms with E-state index < -0.39 is 30.4 Å². The quantitative estimate of drug-likeness (QED) is 0.514. The second kappa shape index (κ2) is 10.5. The summed E-state index contributed by atoms with van der Waals surface area (Å²) in [7, 11) is 0. The van der Waals surface area contributed by atoms with Gasteiger partial charge < -0.3 is 15.3 Å². The number of pyridine rings is 1. The molecule has 1 atom stereocenters. The highest BCUT2D eigenvalue weighted by molar-refractivity contribution is 6.01. The van der Waals surface area contributed by atoms with Gasteiger partial charge in [-0.3, -0.25) is 14.6 Å². The molecule has 1 fully saturated rings. The van der Waals surface area contributed by atoms with Gasteiger partial charge in [0.2, 0.25) is 0 Å². The van der Waals surface area contributed by atoms with Gasteiger partial charge in [-0.05, 0) is 60.7 Å². The Morgan fingerprint density at radius 2 is 1.67 bits per heavy atom. The van der Waals surface area contributed by atoms with Crippen LogP contribution in [0.25, 0.3) is 11.1 Å². The van der Waals surface area contributed by atoms with Crippen LogP contribution < -0.4 is 5.32 Å². The third-order valence-corrected chi connectivity index (χ3v) is 6.19. The van der Waals surface area contributed by atoms with E-state index in [-0.39, 0.29) is 17.0 Å². The standard InChI is InChI=1S/C27H26F3N3O3/c1-17-4-6-18(7-5-17)20-12-21(14-22(13-20)26(36)33-10-2-3-11-33)25(35)32-23(16-34)19-8-9-24(31-15-19)27(28,29)30/h4-9,12-15,23,34H,2-3,10-11,16H2,1H3,(H,32,35)/t23-/m1/s1. The number of aliphatic hydroxyl groups excluding tert-OH is 1. The molecule has 0 saturated carbocycles. The average molecular weight is 498 g/mol. The molecule has 188 valence electrons. The molecule has 1 saturated heterocycles. The maximum absolute atomic E-state index is 13.2. The zero-order valence-corrected chi connectivity index (χ0v) is 19.7. The van der Waals surface area contributed by atoms with E-state index in [1.54, 1.807) is 17.0 Å². The summed E-state index contributed by atoms with van der Waals surface area (Å²) in [5.41, 5.74) is 2.31. The van der Waals surface area contributed by atoms with Crippen LogP contribution in [0.5, 0.6) is 0 Å². The van der Waals surface area contributed by atoms with Gasteiger partial charge in [0.05, 0.1) is 12.6 Å². The second-order valence-corrected chi connectivity index (χ2v) is 8.85. The number of amides is 2. The fraction of sp³-hybridized carbons (Fsp3) is 0.296. The third kappa shape index (κ3) is 5.73. The number of likely N-dealkylation sites (tertiary alicyclic amines) is 1. The Kier molecular flexibility index (Phi) is 7.40. The summed E-state index contributed by atoms with van der Waals surface area (Å²) < 4.78 is 38.5. The minimum atomic E-state index is -4.59. The number of alkyl halides is 3. The Labute approximate surface area is 206 Å². The number of hydrogen-bond donors (Lipinski definition) is 2. The number of aliphatic hydroxyl groups is 1. The summed E-state index contributed by atoms with van der Waals surface area (Å²) >= 11 is 0. The van der Waals surface area contributed by atoms with Crippen LogP contribution in [-0.2, 0) is 6.18 Å². The van der Waals surface area contributed by atoms with E-state index in [0.29, 0.717) is 24.2 Å². The van der Waals surface area contributed by atoms with Crippen LogP contribution in [-0.4, -0.2) is 46.5 Å². The Bertz CT molecular complexity index is 1240. The Hall–Kier alpha value is -3.72. The molecule has 4 rings (SSSR count). The van der Waals surface area contributed by atoms with Gasteiger partial charge in [0.25, 0.3) is 11.8 Å². The first-order valence-corrected chi connectivity index (χ1v) is 11.6. The molecule has 1 aliphatic rings. The first-order valence-electron chi connectivity index (χ1n) is 11.6. The number of nitrogens with one attached hydrogen (secondary N) is 1. The fourth-order valence-corrected chi connectivity index (χ4v) is 4.15. The number of rotatable bonds is 6. The topological polar surface area (TPSA) is 82.5 Å². The van der Waals surface area contributed by atoms with Crippen LogP contribution in [0.4, 0.5) is 13.2 Å². The summed E-state index contributed by atoms with van der Waals surface area (Å²) in [6.45, 7) is 2.72. The third-order valence-electron chi connectivity index (χ3n) is 6.19. The number of aromatic nitrogens is 1. The van der Waals surface area contributed by atoms with Crippen LogP contribution in [0.15, 0.2) is 60.8 Å². The van der Waals surface area contributed by atoms with Gasteiger partial charge in [-0.25, -0.2) is 0 Å². The van der Waals surface area contributed by atoms with E-state index in [1.165, 1.54) is 12.1 Å². The van der Waals surface area contributed by atoms with Gasteiger partial charge >= 0.3 is 6.18 Å². The number of nitrogens with zero attached hydrogens (tertiary/aromatic N) is 2. The Balaban J connectivity index is 1.64. The van der Waals surface area contributed by atoms with Gasteiger partial charge in [-0.1, -0.05) is 35.9 Å². The molecule has 0 unspecified atom stereocenters. The summed E-state index contributed by atoms with van der Waals surface area (Å²) in [5, 5.41) is 12.5. The van der Waals surface area contributed by atoms with Crippen LogP contribution >= 0.6 is 0 Å². The van der Waals surface area contributed by atoms with E-state index in [4.69, 9.17) is 0 Å². The highest BCUT2D eigenvalue weighted by Crippen LogP contribution is 2.28. The van der Waals surface area contributed by atoms with Crippen molar-refractivity contribution in [3.63, 3.8) is 0 Å². The molecule has 1 aromatic heterocycles. The zero-order valence-electron chi connectivity index (χ0n) is 19.7. The summed E-state index contributed by atoms with van der Waals surface area (Å²) in [5.74, 6) is -0.737. The maximum atomic E-state index is 13.2. The number of carbonyl (C=O) groups is 2. The van der Waals surface area contributed by atoms with Crippen LogP contribution in [0.2, 0.25) is 0 Å². The normalized spacial score (nSPS) is 14.5. The second-order valence-electron chi connectivity index (χ2n) is 8.85. The van der Waals surface area contributed by atoms with Crippen molar-refractivity contribution in [3.8, 4) is 11.1 Å². The number of carbonyl (C=O) groups excluding carboxylic acids is 2. The molecule has 36 heavy (non-hydrogen) atoms. The summed E-state index contributed by atoms with van der Waals surface area (Å²) in [4.78, 5) is 31.5. The first kappa shape index (κ1) is 25.4. The van der Waals surface area contributed by atoms with Crippen molar-refractivity contribution >= 4 is 11.8 Å². The molecular weight excluding hydrogens is 471 g/mol. The van der Waals surface area contributed by atoms with Crippen molar-refractivity contribution in [1.29, 1.82) is 0 Å². The van der Waals surface area contributed by atoms with Crippen molar-refractivity contribution in [1.82, 2.24) is 15.2 Å². The molecule has 2 heterocycles. The molecule has 2 amide bonds. The Morgan fingerprint density at radius 1 is 1.00 bits per heavy atom. The predicted molar refractivity (Wildman–Crippen MR) is 128 cm³/mol. The number of benzene rings is 2. The highest BCUT2D eigenvalue weighted by Gasteiger charge is 2.32. The lowest BCUT2D eigenvalue weighted by Gasteiger charge is -2.19. The first-order chi connectivity index (χ1) is 17.2. The molecular formula is C27H26F3N3O3. The van der Waals surface area contributed by atoms with Crippen molar-refractivity contribution in [2.45, 2.75) is 32.0 Å². The number of halogens is 3. The Morgan fingerprint density at radius 3 is 2.25 bits per heavy atom. The van der Waals surface area contributed by atoms with Crippen molar-refractivity contribution in [2.24, 2.45) is 0 Å². The minimum absolute atomic E-state index is 0.166. The lowest BCUT2D eigenvalue weighted by molar-refractivity contribution is -0.141. The molecule has 2 N–H and O–H groups in total. The SMILES string of the molecule is Cc1ccc(-c2cc(C(=O)N[C@H](CO)c3ccc(C(F)(F)F)nc3)cc(C(=O)N3CCCC3)c2)cc1. The van der Waals surface area contributed by atoms with E-state index in [2.05, 4.69) is 10.3 Å². The van der Waals surface area contributed by atoms with Gasteiger partial charge in [-0.15, -0.1) is 0 Å². The minimum Gasteiger partial charge on any atom is -0.394 e. The molecule has 6 nitrogen and oxygen atoms in total. The maximum Gasteiger partial charge on any atom is 0.433 e. The molecule has 0 bridgehead atoms. The van der Waals surface area contributed by atoms with Gasteiger partial charge in [-0.2, -0.15) is 13.2 Å². The van der Waals surface area contributed by atoms with Crippen molar-refractivity contribution in [2.75, 3.05) is 19.7 Å². The number of hydrogen-bond acceptors (Lipinski definition) is 4. The average Bonchev–Trinajstić information content (AvgIpc) is 3.41. The molecule has 3 aromatic rings. The lowest BCUT2D eigenvalue weighted by atomic mass is 9.97. The number of aryl methyl sites for hydroxylation is 1. The molecule has 0 spiro atoms. The smallest absolute Gasteiger partial charge is 0.394 e. The fourth-order valence-electron chi connectivity index (χ4n) is 4.15. The predicted octanol–water partition coefficient (Wildman–Crippen LogP) is 4.78. The lowest BCUT2D eigenvalue weighted by Crippen LogP contribution is -2.32. The zero-order chi connectivity index (χ0) is 25.9. The van der Waals surface area contributed by atoms with Gasteiger partial charge in [0.15, 0.2) is 0 Å². The van der Waals surface area contributed by atoms with E-state index in [1.807, 2.05) is 31.2 Å².